The second-order valence-corrected chi connectivity index (χ2v) is 38.9. The van der Waals surface area contributed by atoms with Crippen molar-refractivity contribution < 1.29 is 82.6 Å². The molecule has 47 heteroatoms. The third kappa shape index (κ3) is 24.5. The van der Waals surface area contributed by atoms with E-state index in [4.69, 9.17) is 9.84 Å². The Balaban J connectivity index is 0.000000165. The van der Waals surface area contributed by atoms with Crippen LogP contribution in [0.15, 0.2) is 122 Å². The molecule has 4 aromatic carbocycles. The molecule has 8 aromatic heterocycles. The number of hydrogen-bond acceptors (Lipinski definition) is 33. The van der Waals surface area contributed by atoms with Crippen LogP contribution in [0.1, 0.15) is 153 Å². The molecule has 4 saturated heterocycles. The number of aliphatic hydroxyl groups is 1. The van der Waals surface area contributed by atoms with E-state index in [-0.39, 0.29) is 136 Å². The molecule has 138 heavy (non-hydrogen) atoms. The van der Waals surface area contributed by atoms with Crippen LogP contribution in [-0.2, 0) is 168 Å². The van der Waals surface area contributed by atoms with Crippen molar-refractivity contribution in [2.24, 2.45) is 23.7 Å². The van der Waals surface area contributed by atoms with Gasteiger partial charge in [0.1, 0.15) is 90.7 Å². The number of nitrogens with zero attached hydrogens (tertiary/aromatic N) is 19. The van der Waals surface area contributed by atoms with E-state index in [1.165, 1.54) is 78.3 Å². The number of methoxy groups -OCH3 is 2. The van der Waals surface area contributed by atoms with Gasteiger partial charge in [-0.05, 0) is 180 Å². The summed E-state index contributed by atoms with van der Waals surface area (Å²) in [7, 11) is 6.04. The Hall–Kier alpha value is -11.9. The number of rotatable bonds is 20. The first-order chi connectivity index (χ1) is 65.1. The zero-order valence-corrected chi connectivity index (χ0v) is 83.7. The van der Waals surface area contributed by atoms with Gasteiger partial charge in [-0.3, -0.25) is 57.1 Å². The number of esters is 2. The molecule has 4 aliphatic heterocycles. The summed E-state index contributed by atoms with van der Waals surface area (Å²) in [5.74, 6) is -0.356. The van der Waals surface area contributed by atoms with Gasteiger partial charge >= 0.3 is 29.8 Å². The quantitative estimate of drug-likeness (QED) is 0.0351. The minimum atomic E-state index is -1.01. The predicted molar refractivity (Wildman–Crippen MR) is 538 cm³/mol. The van der Waals surface area contributed by atoms with Gasteiger partial charge in [0.15, 0.2) is 17.3 Å². The third-order valence-electron chi connectivity index (χ3n) is 24.6. The lowest BCUT2D eigenvalue weighted by Crippen LogP contribution is -2.45. The van der Waals surface area contributed by atoms with E-state index >= 15 is 0 Å². The topological polar surface area (TPSA) is 483 Å². The van der Waals surface area contributed by atoms with Crippen LogP contribution in [0.5, 0.6) is 0 Å². The summed E-state index contributed by atoms with van der Waals surface area (Å²) in [5, 5.41) is 61.5. The SMILES string of the molecule is C.CC(=O)c1nn(CC(=O)N2C3C[C@@H]3C[C@H]2C(=O)O)c2ccc(-c3cnc(C)nc3)cc12.CC(=O)c1nn(CC(=O)O)c2ccc(-c3cnc(C)nc3)cc12.COC(=O)[C@@H]1C[C@H]2C[C@H]2N1.COC(=O)[C@@H]1C[C@H]2C[C@H]2N1C(=O)Cn1nc(C(C)=O)c2cc(-c3cnc(C)nc3)ccc21.Cc1ncc(-c2ccc3c(c2)c(C(C)O)nn3CC(=O)N2[C@@H]3C[C@@H]3C[C@H]2C(=O)O)cn1.S.S=S.S=S=S.S=S=S=S. The van der Waals surface area contributed by atoms with Gasteiger partial charge in [-0.25, -0.2) is 54.3 Å². The van der Waals surface area contributed by atoms with Crippen molar-refractivity contribution in [3.63, 3.8) is 0 Å². The van der Waals surface area contributed by atoms with Crippen molar-refractivity contribution >= 4 is 216 Å². The van der Waals surface area contributed by atoms with E-state index in [1.807, 2.05) is 80.6 Å². The Morgan fingerprint density at radius 3 is 0.978 bits per heavy atom. The Bertz CT molecular complexity index is 6790. The number of nitrogens with one attached hydrogen (secondary N) is 1. The van der Waals surface area contributed by atoms with Crippen LogP contribution in [-0.4, -0.2) is 242 Å². The smallest absolute Gasteiger partial charge is 0.328 e. The molecule has 8 aliphatic rings. The number of aliphatic hydroxyl groups excluding tert-OH is 1. The number of fused-ring (bicyclic) bond motifs is 8. The number of benzene rings is 4. The molecule has 5 N–H and O–H groups in total. The van der Waals surface area contributed by atoms with Gasteiger partial charge in [0.25, 0.3) is 0 Å². The monoisotopic (exact) mass is 2060 g/mol. The minimum absolute atomic E-state index is 0. The highest BCUT2D eigenvalue weighted by Crippen LogP contribution is 2.51. The number of aryl methyl sites for hydroxylation is 4. The number of aliphatic carboxylic acids is 3. The van der Waals surface area contributed by atoms with Crippen LogP contribution in [0, 0.1) is 51.4 Å². The summed E-state index contributed by atoms with van der Waals surface area (Å²) in [5.41, 5.74) is 10.7. The van der Waals surface area contributed by atoms with E-state index < -0.39 is 42.1 Å². The third-order valence-corrected chi connectivity index (χ3v) is 26.9. The molecule has 13 atom stereocenters. The Morgan fingerprint density at radius 2 is 0.703 bits per heavy atom. The number of ketones is 3. The molecule has 3 amide bonds. The average molecular weight is 2060 g/mol. The summed E-state index contributed by atoms with van der Waals surface area (Å²) in [4.78, 5) is 171. The first-order valence-electron chi connectivity index (χ1n) is 42.7. The van der Waals surface area contributed by atoms with E-state index in [0.717, 1.165) is 90.4 Å². The van der Waals surface area contributed by atoms with Crippen molar-refractivity contribution in [3.8, 4) is 44.5 Å². The summed E-state index contributed by atoms with van der Waals surface area (Å²) in [6.07, 6.45) is 19.5. The van der Waals surface area contributed by atoms with Gasteiger partial charge in [-0.15, -0.1) is 0 Å². The molecule has 724 valence electrons. The van der Waals surface area contributed by atoms with Gasteiger partial charge in [0.2, 0.25) is 17.7 Å². The fourth-order valence-electron chi connectivity index (χ4n) is 17.8. The van der Waals surface area contributed by atoms with Crippen LogP contribution in [0.4, 0.5) is 0 Å². The molecule has 20 rings (SSSR count). The molecular formula is C91H98N20O17S10. The molecular weight excluding hydrogens is 1970 g/mol. The molecule has 0 bridgehead atoms. The van der Waals surface area contributed by atoms with Gasteiger partial charge in [-0.2, -0.15) is 33.9 Å². The Kier molecular flexibility index (Phi) is 36.1. The van der Waals surface area contributed by atoms with Gasteiger partial charge < -0.3 is 49.9 Å². The zero-order chi connectivity index (χ0) is 98.1. The van der Waals surface area contributed by atoms with Crippen LogP contribution < -0.4 is 5.32 Å². The van der Waals surface area contributed by atoms with Crippen LogP contribution in [0.3, 0.4) is 0 Å². The van der Waals surface area contributed by atoms with E-state index in [1.54, 1.807) is 90.7 Å². The normalized spacial score (nSPS) is 20.2. The number of aromatic nitrogens is 16. The van der Waals surface area contributed by atoms with Crippen LogP contribution in [0.2, 0.25) is 0 Å². The molecule has 0 radical (unpaired) electrons. The predicted octanol–water partition coefficient (Wildman–Crippen LogP) is 8.90. The fraction of sp³-hybridized carbons (Fsp3) is 0.396. The first kappa shape index (κ1) is 107. The van der Waals surface area contributed by atoms with Gasteiger partial charge in [0.05, 0.1) is 48.1 Å². The van der Waals surface area contributed by atoms with Crippen molar-refractivity contribution in [2.75, 3.05) is 14.2 Å². The van der Waals surface area contributed by atoms with Gasteiger partial charge in [-0.1, -0.05) is 31.7 Å². The molecule has 2 unspecified atom stereocenters. The molecule has 0 spiro atoms. The highest BCUT2D eigenvalue weighted by molar-refractivity contribution is 8.51. The highest BCUT2D eigenvalue weighted by Gasteiger charge is 2.59. The molecule has 8 fully saturated rings. The number of ether oxygens (including phenoxy) is 2. The highest BCUT2D eigenvalue weighted by atomic mass is 33.2. The fourth-order valence-corrected chi connectivity index (χ4v) is 17.8. The maximum absolute atomic E-state index is 13.2. The molecule has 4 saturated carbocycles. The number of carbonyl (C=O) groups is 11. The largest absolute Gasteiger partial charge is 0.480 e. The van der Waals surface area contributed by atoms with Crippen molar-refractivity contribution in [3.05, 3.63) is 168 Å². The number of carboxylic acids is 3. The molecule has 4 aliphatic carbocycles. The lowest BCUT2D eigenvalue weighted by Gasteiger charge is -2.25. The van der Waals surface area contributed by atoms with Crippen molar-refractivity contribution in [2.45, 2.75) is 195 Å². The lowest BCUT2D eigenvalue weighted by molar-refractivity contribution is -0.152. The minimum Gasteiger partial charge on any atom is -0.480 e. The van der Waals surface area contributed by atoms with Gasteiger partial charge in [0, 0.05) is 232 Å². The molecule has 12 aromatic rings. The van der Waals surface area contributed by atoms with E-state index in [2.05, 4.69) is 137 Å². The number of carboxylic acid groups (broad SMARTS) is 3. The number of carbonyl (C=O) groups excluding carboxylic acids is 8. The average Bonchev–Trinajstić information content (AvgIpc) is 1.59. The second kappa shape index (κ2) is 46.7. The summed E-state index contributed by atoms with van der Waals surface area (Å²) < 4.78 is 15.4. The van der Waals surface area contributed by atoms with Crippen molar-refractivity contribution in [1.29, 1.82) is 0 Å². The van der Waals surface area contributed by atoms with Crippen molar-refractivity contribution in [1.82, 2.24) is 99.0 Å². The summed E-state index contributed by atoms with van der Waals surface area (Å²) in [6.45, 7) is 12.7. The summed E-state index contributed by atoms with van der Waals surface area (Å²) in [6, 6.07) is 20.9. The first-order valence-corrected chi connectivity index (χ1v) is 50.7. The van der Waals surface area contributed by atoms with Crippen LogP contribution >= 0.6 is 13.5 Å². The number of likely N-dealkylation sites (tertiary alicyclic amines) is 3. The maximum atomic E-state index is 13.2. The Morgan fingerprint density at radius 1 is 0.413 bits per heavy atom. The molecule has 12 heterocycles. The number of hydrogen-bond donors (Lipinski definition) is 5. The van der Waals surface area contributed by atoms with E-state index in [0.29, 0.717) is 110 Å². The van der Waals surface area contributed by atoms with E-state index in [9.17, 15) is 68.1 Å². The number of piperidine rings is 4. The molecule has 37 nitrogen and oxygen atoms in total. The number of Topliss-reactive ketones (excluding diaryl/α,β-unsaturated/α-hetero) is 3. The second-order valence-electron chi connectivity index (χ2n) is 33.6. The summed E-state index contributed by atoms with van der Waals surface area (Å²) >= 11 is 24.2. The standard InChI is InChI=1S/C23H23N5O4.C22H23N5O4.C22H21N5O4.C16H14N4O3.C7H11NO2.CH4.S4.S3.S2.H2S/c1-12(29)22-17-6-14(16-9-24-13(2)25-10-16)4-5-18(17)27(26-22)11-21(30)28-19-7-15(19)8-20(28)23(31)32-3;2*1-11(28)21-16-5-13(15-8-23-12(2)24-9-15)3-4-17(16)26(25-21)10-20(29)27-18-6-14(18)7-19(27)22(30)31;1-9(21)16-13-5-11(12-6-17-10(2)18-7-12)3-4-14(13)20(19-16)8-15(22)23;1-10-7(9)6-3-4-2-5(4)8-6;;1-3-4-2;1-3-2;1-2;/h4-6,9-10,15,19-20H,7-8,11H2,1-3H3;3-5,8-9,11,14,18-19,28H,6-7,10H2,1-2H3,(H,30,31);3-5,8-9,14,18-19H,6-7,10H2,1-2H3,(H,30,31);3-7H,8H2,1-2H3,(H,22,23);4-6,8H,2-3H2,1H3;1H4;;;;1H2/t15-,19-,20+;11?,14-,18-,19+;14-,18?,19+;;4-,5-,6+;;;;;/m111.1...../s1. The number of amides is 3. The maximum Gasteiger partial charge on any atom is 0.328 e. The zero-order valence-electron chi connectivity index (χ0n) is 75.3. The van der Waals surface area contributed by atoms with Crippen LogP contribution in [0.25, 0.3) is 88.1 Å². The Labute approximate surface area is 836 Å². The lowest BCUT2D eigenvalue weighted by atomic mass is 10.0.